The van der Waals surface area contributed by atoms with Gasteiger partial charge in [-0.2, -0.15) is 5.10 Å². The molecule has 0 fully saturated rings. The molecule has 2 aromatic heterocycles. The third-order valence-corrected chi connectivity index (χ3v) is 2.30. The van der Waals surface area contributed by atoms with Crippen molar-refractivity contribution in [3.8, 4) is 0 Å². The van der Waals surface area contributed by atoms with Crippen molar-refractivity contribution >= 4 is 17.4 Å². The lowest BCUT2D eigenvalue weighted by atomic mass is 10.2. The monoisotopic (exact) mass is 224 g/mol. The van der Waals surface area contributed by atoms with E-state index in [2.05, 4.69) is 15.1 Å². The summed E-state index contributed by atoms with van der Waals surface area (Å²) in [6.07, 6.45) is 4.57. The second-order valence-electron chi connectivity index (χ2n) is 2.92. The van der Waals surface area contributed by atoms with E-state index >= 15 is 0 Å². The molecule has 0 atom stereocenters. The molecule has 0 spiro atoms. The number of nitrogens with zero attached hydrogens (tertiary/aromatic N) is 3. The summed E-state index contributed by atoms with van der Waals surface area (Å²) in [5.41, 5.74) is 0.370. The lowest BCUT2D eigenvalue weighted by Crippen LogP contribution is -2.12. The van der Waals surface area contributed by atoms with Gasteiger partial charge in [0.15, 0.2) is 5.82 Å². The number of hydrogen-bond donors (Lipinski definition) is 1. The van der Waals surface area contributed by atoms with Crippen LogP contribution in [0.25, 0.3) is 0 Å². The van der Waals surface area contributed by atoms with Crippen molar-refractivity contribution in [1.82, 2.24) is 19.7 Å². The fraction of sp³-hybridized carbons (Fsp3) is 0.222. The minimum atomic E-state index is -0.246. The van der Waals surface area contributed by atoms with Crippen LogP contribution in [0, 0.1) is 0 Å². The summed E-state index contributed by atoms with van der Waals surface area (Å²) in [5, 5.41) is 4.33. The van der Waals surface area contributed by atoms with E-state index in [1.807, 2.05) is 6.92 Å². The Labute approximate surface area is 91.1 Å². The van der Waals surface area contributed by atoms with Crippen molar-refractivity contribution in [3.63, 3.8) is 0 Å². The number of imidazole rings is 1. The van der Waals surface area contributed by atoms with Gasteiger partial charge in [-0.15, -0.1) is 0 Å². The van der Waals surface area contributed by atoms with Gasteiger partial charge in [0.2, 0.25) is 5.78 Å². The van der Waals surface area contributed by atoms with Gasteiger partial charge in [0.1, 0.15) is 5.69 Å². The highest BCUT2D eigenvalue weighted by Crippen LogP contribution is 2.17. The van der Waals surface area contributed by atoms with E-state index in [9.17, 15) is 4.79 Å². The third kappa shape index (κ3) is 1.66. The number of aryl methyl sites for hydroxylation is 1. The van der Waals surface area contributed by atoms with E-state index in [-0.39, 0.29) is 11.6 Å². The summed E-state index contributed by atoms with van der Waals surface area (Å²) in [6.45, 7) is 2.48. The smallest absolute Gasteiger partial charge is 0.247 e. The second-order valence-corrected chi connectivity index (χ2v) is 3.33. The molecule has 0 radical (unpaired) electrons. The fourth-order valence-corrected chi connectivity index (χ4v) is 1.56. The van der Waals surface area contributed by atoms with Crippen molar-refractivity contribution in [1.29, 1.82) is 0 Å². The first-order valence-corrected chi connectivity index (χ1v) is 4.87. The first kappa shape index (κ1) is 9.92. The van der Waals surface area contributed by atoms with Gasteiger partial charge in [0.05, 0.1) is 11.2 Å². The molecule has 0 aliphatic rings. The maximum absolute atomic E-state index is 11.9. The van der Waals surface area contributed by atoms with Crippen LogP contribution in [0.15, 0.2) is 18.6 Å². The number of ketones is 1. The van der Waals surface area contributed by atoms with Gasteiger partial charge >= 0.3 is 0 Å². The van der Waals surface area contributed by atoms with Gasteiger partial charge < -0.3 is 4.98 Å². The number of aromatic amines is 1. The summed E-state index contributed by atoms with van der Waals surface area (Å²) in [7, 11) is 0. The van der Waals surface area contributed by atoms with Gasteiger partial charge in [-0.3, -0.25) is 9.48 Å². The molecule has 78 valence electrons. The molecule has 0 saturated carbocycles. The highest BCUT2D eigenvalue weighted by atomic mass is 35.5. The van der Waals surface area contributed by atoms with Crippen molar-refractivity contribution in [3.05, 3.63) is 35.1 Å². The van der Waals surface area contributed by atoms with Crippen LogP contribution in [0.2, 0.25) is 5.02 Å². The van der Waals surface area contributed by atoms with Crippen LogP contribution in [0.3, 0.4) is 0 Å². The average molecular weight is 225 g/mol. The minimum Gasteiger partial charge on any atom is -0.342 e. The zero-order chi connectivity index (χ0) is 10.8. The topological polar surface area (TPSA) is 63.6 Å². The number of carbonyl (C=O) groups excluding carboxylic acids is 1. The zero-order valence-electron chi connectivity index (χ0n) is 8.07. The average Bonchev–Trinajstić information content (AvgIpc) is 2.85. The van der Waals surface area contributed by atoms with E-state index in [0.29, 0.717) is 17.3 Å². The molecule has 0 aliphatic heterocycles. The fourth-order valence-electron chi connectivity index (χ4n) is 1.33. The Morgan fingerprint density at radius 3 is 3.07 bits per heavy atom. The molecule has 0 amide bonds. The number of H-pyrrole nitrogens is 1. The Kier molecular flexibility index (Phi) is 2.55. The molecule has 0 aromatic carbocycles. The highest BCUT2D eigenvalue weighted by molar-refractivity contribution is 6.34. The summed E-state index contributed by atoms with van der Waals surface area (Å²) >= 11 is 5.89. The normalized spacial score (nSPS) is 10.5. The maximum Gasteiger partial charge on any atom is 0.247 e. The van der Waals surface area contributed by atoms with Crippen molar-refractivity contribution < 1.29 is 4.79 Å². The van der Waals surface area contributed by atoms with E-state index < -0.39 is 0 Å². The molecule has 2 aromatic rings. The predicted octanol–water partition coefficient (Wildman–Crippen LogP) is 1.51. The third-order valence-electron chi connectivity index (χ3n) is 2.02. The summed E-state index contributed by atoms with van der Waals surface area (Å²) < 4.78 is 1.55. The van der Waals surface area contributed by atoms with Crippen LogP contribution < -0.4 is 0 Å². The summed E-state index contributed by atoms with van der Waals surface area (Å²) in [5.74, 6) is 0.0245. The number of nitrogens with one attached hydrogen (secondary N) is 1. The second kappa shape index (κ2) is 3.86. The molecule has 5 nitrogen and oxygen atoms in total. The minimum absolute atomic E-state index is 0.246. The Bertz CT molecular complexity index is 474. The summed E-state index contributed by atoms with van der Waals surface area (Å²) in [6, 6.07) is 0. The first-order valence-electron chi connectivity index (χ1n) is 4.49. The van der Waals surface area contributed by atoms with Gasteiger partial charge in [-0.05, 0) is 6.92 Å². The van der Waals surface area contributed by atoms with Crippen LogP contribution in [-0.2, 0) is 6.54 Å². The van der Waals surface area contributed by atoms with Gasteiger partial charge in [-0.25, -0.2) is 4.98 Å². The zero-order valence-corrected chi connectivity index (χ0v) is 8.82. The van der Waals surface area contributed by atoms with Crippen LogP contribution in [0.1, 0.15) is 23.2 Å². The van der Waals surface area contributed by atoms with E-state index in [4.69, 9.17) is 11.6 Å². The molecular formula is C9H9ClN4O. The van der Waals surface area contributed by atoms with Crippen LogP contribution in [0.5, 0.6) is 0 Å². The Balaban J connectivity index is 2.45. The molecule has 0 saturated heterocycles. The standard InChI is InChI=1S/C9H9ClN4O/c1-2-14-7(6(10)5-13-14)8(15)9-11-3-4-12-9/h3-5H,2H2,1H3,(H,11,12). The highest BCUT2D eigenvalue weighted by Gasteiger charge is 2.19. The molecule has 0 aliphatic carbocycles. The largest absolute Gasteiger partial charge is 0.342 e. The molecule has 2 heterocycles. The molecular weight excluding hydrogens is 216 g/mol. The SMILES string of the molecule is CCn1ncc(Cl)c1C(=O)c1ncc[nH]1. The Morgan fingerprint density at radius 2 is 2.47 bits per heavy atom. The van der Waals surface area contributed by atoms with E-state index in [1.165, 1.54) is 12.4 Å². The van der Waals surface area contributed by atoms with Crippen molar-refractivity contribution in [2.24, 2.45) is 0 Å². The Morgan fingerprint density at radius 1 is 1.67 bits per heavy atom. The summed E-state index contributed by atoms with van der Waals surface area (Å²) in [4.78, 5) is 18.6. The van der Waals surface area contributed by atoms with E-state index in [0.717, 1.165) is 0 Å². The maximum atomic E-state index is 11.9. The molecule has 6 heteroatoms. The molecule has 0 unspecified atom stereocenters. The quantitative estimate of drug-likeness (QED) is 0.804. The lowest BCUT2D eigenvalue weighted by Gasteiger charge is -2.01. The van der Waals surface area contributed by atoms with Gasteiger partial charge in [0.25, 0.3) is 0 Å². The number of carbonyl (C=O) groups is 1. The lowest BCUT2D eigenvalue weighted by molar-refractivity contribution is 0.102. The van der Waals surface area contributed by atoms with Crippen LogP contribution >= 0.6 is 11.6 Å². The first-order chi connectivity index (χ1) is 7.24. The number of halogens is 1. The number of aromatic nitrogens is 4. The number of rotatable bonds is 3. The number of hydrogen-bond acceptors (Lipinski definition) is 3. The van der Waals surface area contributed by atoms with Crippen LogP contribution in [-0.4, -0.2) is 25.5 Å². The van der Waals surface area contributed by atoms with Crippen LogP contribution in [0.4, 0.5) is 0 Å². The Hall–Kier alpha value is -1.62. The molecule has 1 N–H and O–H groups in total. The van der Waals surface area contributed by atoms with Gasteiger partial charge in [0, 0.05) is 18.9 Å². The molecule has 0 bridgehead atoms. The molecule has 2 rings (SSSR count). The van der Waals surface area contributed by atoms with Gasteiger partial charge in [-0.1, -0.05) is 11.6 Å². The van der Waals surface area contributed by atoms with Crippen molar-refractivity contribution in [2.45, 2.75) is 13.5 Å². The van der Waals surface area contributed by atoms with E-state index in [1.54, 1.807) is 10.9 Å². The van der Waals surface area contributed by atoms with Crippen molar-refractivity contribution in [2.75, 3.05) is 0 Å². The molecule has 15 heavy (non-hydrogen) atoms. The predicted molar refractivity (Wildman–Crippen MR) is 54.9 cm³/mol.